The van der Waals surface area contributed by atoms with Gasteiger partial charge in [-0.3, -0.25) is 0 Å². The zero-order valence-corrected chi connectivity index (χ0v) is 9.71. The Morgan fingerprint density at radius 2 is 2.00 bits per heavy atom. The molecule has 1 aromatic carbocycles. The van der Waals surface area contributed by atoms with Crippen LogP contribution in [0.15, 0.2) is 24.3 Å². The van der Waals surface area contributed by atoms with Crippen LogP contribution in [-0.4, -0.2) is 12.1 Å². The molecule has 0 radical (unpaired) electrons. The van der Waals surface area contributed by atoms with Crippen LogP contribution in [0.1, 0.15) is 26.3 Å². The van der Waals surface area contributed by atoms with Crippen molar-refractivity contribution in [2.75, 3.05) is 6.54 Å². The SMILES string of the molecule is CC(C)(C)C1(CN)Cc2ccccc2O1. The van der Waals surface area contributed by atoms with Crippen molar-refractivity contribution < 1.29 is 4.74 Å². The minimum Gasteiger partial charge on any atom is -0.485 e. The maximum atomic E-state index is 6.08. The molecule has 1 unspecified atom stereocenters. The standard InChI is InChI=1S/C13H19NO/c1-12(2,3)13(9-14)8-10-6-4-5-7-11(10)15-13/h4-7H,8-9,14H2,1-3H3. The Morgan fingerprint density at radius 1 is 1.33 bits per heavy atom. The Morgan fingerprint density at radius 3 is 2.53 bits per heavy atom. The van der Waals surface area contributed by atoms with Crippen molar-refractivity contribution in [3.05, 3.63) is 29.8 Å². The summed E-state index contributed by atoms with van der Waals surface area (Å²) in [7, 11) is 0. The third kappa shape index (κ3) is 1.53. The molecule has 15 heavy (non-hydrogen) atoms. The van der Waals surface area contributed by atoms with Gasteiger partial charge in [-0.15, -0.1) is 0 Å². The number of para-hydroxylation sites is 1. The van der Waals surface area contributed by atoms with Crippen molar-refractivity contribution in [3.63, 3.8) is 0 Å². The zero-order valence-electron chi connectivity index (χ0n) is 9.71. The lowest BCUT2D eigenvalue weighted by atomic mass is 9.74. The highest BCUT2D eigenvalue weighted by Crippen LogP contribution is 2.44. The third-order valence-corrected chi connectivity index (χ3v) is 3.45. The van der Waals surface area contributed by atoms with Crippen molar-refractivity contribution in [1.29, 1.82) is 0 Å². The van der Waals surface area contributed by atoms with Gasteiger partial charge < -0.3 is 10.5 Å². The fraction of sp³-hybridized carbons (Fsp3) is 0.538. The number of fused-ring (bicyclic) bond motifs is 1. The molecule has 82 valence electrons. The molecule has 1 aromatic rings. The first kappa shape index (κ1) is 10.5. The van der Waals surface area contributed by atoms with Crippen LogP contribution in [0.25, 0.3) is 0 Å². The summed E-state index contributed by atoms with van der Waals surface area (Å²) >= 11 is 0. The van der Waals surface area contributed by atoms with E-state index in [4.69, 9.17) is 10.5 Å². The average Bonchev–Trinajstić information content (AvgIpc) is 2.56. The number of rotatable bonds is 1. The van der Waals surface area contributed by atoms with Crippen LogP contribution in [0.5, 0.6) is 5.75 Å². The maximum Gasteiger partial charge on any atom is 0.130 e. The van der Waals surface area contributed by atoms with Crippen molar-refractivity contribution in [1.82, 2.24) is 0 Å². The van der Waals surface area contributed by atoms with Crippen molar-refractivity contribution in [2.45, 2.75) is 32.8 Å². The lowest BCUT2D eigenvalue weighted by Crippen LogP contribution is -2.53. The van der Waals surface area contributed by atoms with Gasteiger partial charge in [-0.05, 0) is 11.6 Å². The highest BCUT2D eigenvalue weighted by Gasteiger charge is 2.47. The van der Waals surface area contributed by atoms with Gasteiger partial charge in [0, 0.05) is 18.4 Å². The van der Waals surface area contributed by atoms with E-state index in [-0.39, 0.29) is 11.0 Å². The van der Waals surface area contributed by atoms with Crippen LogP contribution in [0.4, 0.5) is 0 Å². The van der Waals surface area contributed by atoms with Gasteiger partial charge in [0.05, 0.1) is 0 Å². The van der Waals surface area contributed by atoms with Crippen LogP contribution in [-0.2, 0) is 6.42 Å². The van der Waals surface area contributed by atoms with Crippen LogP contribution < -0.4 is 10.5 Å². The van der Waals surface area contributed by atoms with Gasteiger partial charge in [0.25, 0.3) is 0 Å². The number of ether oxygens (including phenoxy) is 1. The van der Waals surface area contributed by atoms with Gasteiger partial charge in [0.2, 0.25) is 0 Å². The highest BCUT2D eigenvalue weighted by molar-refractivity contribution is 5.40. The molecule has 0 aliphatic carbocycles. The lowest BCUT2D eigenvalue weighted by molar-refractivity contribution is -0.00563. The summed E-state index contributed by atoms with van der Waals surface area (Å²) in [6, 6.07) is 8.21. The first-order valence-electron chi connectivity index (χ1n) is 5.45. The molecule has 2 N–H and O–H groups in total. The monoisotopic (exact) mass is 205 g/mol. The molecule has 0 spiro atoms. The summed E-state index contributed by atoms with van der Waals surface area (Å²) in [5.41, 5.74) is 7.00. The zero-order chi connectivity index (χ0) is 11.1. The molecular formula is C13H19NO. The highest BCUT2D eigenvalue weighted by atomic mass is 16.5. The van der Waals surface area contributed by atoms with E-state index < -0.39 is 0 Å². The second-order valence-corrected chi connectivity index (χ2v) is 5.33. The normalized spacial score (nSPS) is 24.8. The smallest absolute Gasteiger partial charge is 0.130 e. The second-order valence-electron chi connectivity index (χ2n) is 5.33. The molecular weight excluding hydrogens is 186 g/mol. The summed E-state index contributed by atoms with van der Waals surface area (Å²) in [5, 5.41) is 0. The van der Waals surface area contributed by atoms with E-state index in [0.29, 0.717) is 6.54 Å². The Kier molecular flexibility index (Phi) is 2.27. The van der Waals surface area contributed by atoms with Gasteiger partial charge >= 0.3 is 0 Å². The lowest BCUT2D eigenvalue weighted by Gasteiger charge is -2.40. The summed E-state index contributed by atoms with van der Waals surface area (Å²) in [6.45, 7) is 7.12. The van der Waals surface area contributed by atoms with E-state index >= 15 is 0 Å². The first-order chi connectivity index (χ1) is 6.98. The number of hydrogen-bond donors (Lipinski definition) is 1. The van der Waals surface area contributed by atoms with E-state index in [1.165, 1.54) is 5.56 Å². The minimum atomic E-state index is -0.239. The average molecular weight is 205 g/mol. The largest absolute Gasteiger partial charge is 0.485 e. The Bertz CT molecular complexity index is 340. The van der Waals surface area contributed by atoms with Gasteiger partial charge in [0.15, 0.2) is 0 Å². The quantitative estimate of drug-likeness (QED) is 0.764. The second kappa shape index (κ2) is 3.24. The van der Waals surface area contributed by atoms with Crippen LogP contribution in [0.2, 0.25) is 0 Å². The van der Waals surface area contributed by atoms with E-state index in [9.17, 15) is 0 Å². The molecule has 0 bridgehead atoms. The molecule has 2 nitrogen and oxygen atoms in total. The van der Waals surface area contributed by atoms with Gasteiger partial charge in [0.1, 0.15) is 11.4 Å². The predicted octanol–water partition coefficient (Wildman–Crippen LogP) is 2.37. The molecule has 0 amide bonds. The Balaban J connectivity index is 2.38. The molecule has 2 rings (SSSR count). The molecule has 2 heteroatoms. The minimum absolute atomic E-state index is 0.0563. The Labute approximate surface area is 91.4 Å². The van der Waals surface area contributed by atoms with Gasteiger partial charge in [-0.25, -0.2) is 0 Å². The summed E-state index contributed by atoms with van der Waals surface area (Å²) in [6.07, 6.45) is 0.920. The molecule has 0 fully saturated rings. The summed E-state index contributed by atoms with van der Waals surface area (Å²) in [5.74, 6) is 0.998. The summed E-state index contributed by atoms with van der Waals surface area (Å²) in [4.78, 5) is 0. The molecule has 1 atom stereocenters. The first-order valence-corrected chi connectivity index (χ1v) is 5.45. The Hall–Kier alpha value is -1.02. The molecule has 0 aromatic heterocycles. The summed E-state index contributed by atoms with van der Waals surface area (Å²) < 4.78 is 6.08. The third-order valence-electron chi connectivity index (χ3n) is 3.45. The van der Waals surface area contributed by atoms with Crippen molar-refractivity contribution in [3.8, 4) is 5.75 Å². The molecule has 0 saturated carbocycles. The molecule has 1 heterocycles. The fourth-order valence-electron chi connectivity index (χ4n) is 2.14. The van der Waals surface area contributed by atoms with Crippen LogP contribution in [0, 0.1) is 5.41 Å². The van der Waals surface area contributed by atoms with Crippen molar-refractivity contribution in [2.24, 2.45) is 11.1 Å². The van der Waals surface area contributed by atoms with Crippen molar-refractivity contribution >= 4 is 0 Å². The van der Waals surface area contributed by atoms with E-state index in [1.54, 1.807) is 0 Å². The van der Waals surface area contributed by atoms with E-state index in [0.717, 1.165) is 12.2 Å². The maximum absolute atomic E-state index is 6.08. The van der Waals surface area contributed by atoms with E-state index in [2.05, 4.69) is 32.9 Å². The fourth-order valence-corrected chi connectivity index (χ4v) is 2.14. The number of hydrogen-bond acceptors (Lipinski definition) is 2. The predicted molar refractivity (Wildman–Crippen MR) is 62.0 cm³/mol. The molecule has 1 aliphatic heterocycles. The van der Waals surface area contributed by atoms with E-state index in [1.807, 2.05) is 12.1 Å². The van der Waals surface area contributed by atoms with Crippen LogP contribution in [0.3, 0.4) is 0 Å². The number of benzene rings is 1. The van der Waals surface area contributed by atoms with Crippen LogP contribution >= 0.6 is 0 Å². The van der Waals surface area contributed by atoms with Gasteiger partial charge in [-0.1, -0.05) is 39.0 Å². The molecule has 0 saturated heterocycles. The molecule has 1 aliphatic rings. The number of nitrogens with two attached hydrogens (primary N) is 1. The topological polar surface area (TPSA) is 35.2 Å². The van der Waals surface area contributed by atoms with Gasteiger partial charge in [-0.2, -0.15) is 0 Å².